The van der Waals surface area contributed by atoms with E-state index in [4.69, 9.17) is 4.74 Å². The van der Waals surface area contributed by atoms with Crippen molar-refractivity contribution in [2.45, 2.75) is 32.1 Å². The summed E-state index contributed by atoms with van der Waals surface area (Å²) in [5.74, 6) is -0.994. The molecule has 0 aliphatic carbocycles. The summed E-state index contributed by atoms with van der Waals surface area (Å²) in [7, 11) is 0. The predicted molar refractivity (Wildman–Crippen MR) is 92.0 cm³/mol. The van der Waals surface area contributed by atoms with E-state index in [1.54, 1.807) is 29.2 Å². The van der Waals surface area contributed by atoms with Gasteiger partial charge in [0, 0.05) is 25.9 Å². The van der Waals surface area contributed by atoms with Crippen molar-refractivity contribution in [1.82, 2.24) is 4.90 Å². The highest BCUT2D eigenvalue weighted by Crippen LogP contribution is 2.20. The SMILES string of the molecule is O=C(OCC(=O)N1CCCCC1)C1=NN(c2ccccc2)C(=O)CC1. The lowest BCUT2D eigenvalue weighted by Crippen LogP contribution is -2.40. The molecule has 0 bridgehead atoms. The standard InChI is InChI=1S/C18H21N3O4/c22-16-10-9-15(19-21(16)14-7-3-1-4-8-14)18(24)25-13-17(23)20-11-5-2-6-12-20/h1,3-4,7-8H,2,5-6,9-13H2. The van der Waals surface area contributed by atoms with E-state index in [0.717, 1.165) is 19.3 Å². The minimum Gasteiger partial charge on any atom is -0.451 e. The maximum Gasteiger partial charge on any atom is 0.355 e. The number of likely N-dealkylation sites (tertiary alicyclic amines) is 1. The van der Waals surface area contributed by atoms with Crippen LogP contribution in [0, 0.1) is 0 Å². The summed E-state index contributed by atoms with van der Waals surface area (Å²) in [6, 6.07) is 8.91. The molecule has 0 unspecified atom stereocenters. The monoisotopic (exact) mass is 343 g/mol. The van der Waals surface area contributed by atoms with Gasteiger partial charge in [-0.3, -0.25) is 9.59 Å². The minimum absolute atomic E-state index is 0.162. The Kier molecular flexibility index (Phi) is 5.42. The van der Waals surface area contributed by atoms with E-state index in [2.05, 4.69) is 5.10 Å². The quantitative estimate of drug-likeness (QED) is 0.780. The van der Waals surface area contributed by atoms with Crippen LogP contribution in [0.5, 0.6) is 0 Å². The molecule has 3 rings (SSSR count). The average molecular weight is 343 g/mol. The molecule has 7 nitrogen and oxygen atoms in total. The number of anilines is 1. The normalized spacial score (nSPS) is 17.9. The highest BCUT2D eigenvalue weighted by atomic mass is 16.5. The second-order valence-electron chi connectivity index (χ2n) is 6.11. The van der Waals surface area contributed by atoms with Crippen molar-refractivity contribution in [3.8, 4) is 0 Å². The topological polar surface area (TPSA) is 79.3 Å². The summed E-state index contributed by atoms with van der Waals surface area (Å²) in [6.45, 7) is 1.15. The number of amides is 2. The minimum atomic E-state index is -0.640. The number of hydrogen-bond donors (Lipinski definition) is 0. The highest BCUT2D eigenvalue weighted by Gasteiger charge is 2.27. The summed E-state index contributed by atoms with van der Waals surface area (Å²) in [6.07, 6.45) is 3.51. The Morgan fingerprint density at radius 3 is 2.48 bits per heavy atom. The molecule has 0 aromatic heterocycles. The van der Waals surface area contributed by atoms with E-state index >= 15 is 0 Å². The van der Waals surface area contributed by atoms with Crippen LogP contribution >= 0.6 is 0 Å². The smallest absolute Gasteiger partial charge is 0.355 e. The number of hydrogen-bond acceptors (Lipinski definition) is 5. The molecule has 1 aromatic rings. The number of benzene rings is 1. The number of para-hydroxylation sites is 1. The molecule has 132 valence electrons. The van der Waals surface area contributed by atoms with E-state index in [1.807, 2.05) is 6.07 Å². The van der Waals surface area contributed by atoms with Crippen LogP contribution < -0.4 is 5.01 Å². The van der Waals surface area contributed by atoms with Crippen LogP contribution in [0.15, 0.2) is 35.4 Å². The Balaban J connectivity index is 1.61. The summed E-state index contributed by atoms with van der Waals surface area (Å²) in [5.41, 5.74) is 0.761. The van der Waals surface area contributed by atoms with Crippen LogP contribution in [0.3, 0.4) is 0 Å². The fourth-order valence-electron chi connectivity index (χ4n) is 2.92. The molecular weight excluding hydrogens is 322 g/mol. The molecule has 1 aromatic carbocycles. The molecule has 2 aliphatic heterocycles. The number of carbonyl (C=O) groups is 3. The lowest BCUT2D eigenvalue weighted by Gasteiger charge is -2.26. The number of hydrazone groups is 1. The van der Waals surface area contributed by atoms with Crippen molar-refractivity contribution in [3.05, 3.63) is 30.3 Å². The van der Waals surface area contributed by atoms with Gasteiger partial charge in [0.2, 0.25) is 5.91 Å². The van der Waals surface area contributed by atoms with Crippen LogP contribution in [0.4, 0.5) is 5.69 Å². The predicted octanol–water partition coefficient (Wildman–Crippen LogP) is 1.73. The number of rotatable bonds is 4. The van der Waals surface area contributed by atoms with Gasteiger partial charge < -0.3 is 9.64 Å². The Morgan fingerprint density at radius 1 is 1.04 bits per heavy atom. The molecule has 7 heteroatoms. The number of carbonyl (C=O) groups excluding carboxylic acids is 3. The fourth-order valence-corrected chi connectivity index (χ4v) is 2.92. The van der Waals surface area contributed by atoms with Crippen molar-refractivity contribution in [1.29, 1.82) is 0 Å². The van der Waals surface area contributed by atoms with Crippen molar-refractivity contribution in [2.24, 2.45) is 5.10 Å². The van der Waals surface area contributed by atoms with Crippen LogP contribution in [-0.4, -0.2) is 48.1 Å². The summed E-state index contributed by atoms with van der Waals surface area (Å²) in [5, 5.41) is 5.34. The molecule has 0 atom stereocenters. The van der Waals surface area contributed by atoms with Crippen molar-refractivity contribution in [3.63, 3.8) is 0 Å². The zero-order valence-corrected chi connectivity index (χ0v) is 14.0. The van der Waals surface area contributed by atoms with Crippen LogP contribution in [-0.2, 0) is 19.1 Å². The molecule has 2 amide bonds. The lowest BCUT2D eigenvalue weighted by atomic mass is 10.1. The first-order valence-corrected chi connectivity index (χ1v) is 8.55. The molecule has 1 saturated heterocycles. The number of piperidine rings is 1. The molecular formula is C18H21N3O4. The van der Waals surface area contributed by atoms with Gasteiger partial charge in [-0.1, -0.05) is 18.2 Å². The highest BCUT2D eigenvalue weighted by molar-refractivity contribution is 6.38. The second-order valence-corrected chi connectivity index (χ2v) is 6.11. The van der Waals surface area contributed by atoms with Gasteiger partial charge in [-0.2, -0.15) is 5.10 Å². The molecule has 0 spiro atoms. The van der Waals surface area contributed by atoms with E-state index in [0.29, 0.717) is 18.8 Å². The first-order chi connectivity index (χ1) is 12.1. The zero-order valence-electron chi connectivity index (χ0n) is 14.0. The average Bonchev–Trinajstić information content (AvgIpc) is 2.67. The van der Waals surface area contributed by atoms with Crippen molar-refractivity contribution in [2.75, 3.05) is 24.7 Å². The maximum absolute atomic E-state index is 12.2. The van der Waals surface area contributed by atoms with Gasteiger partial charge in [-0.05, 0) is 31.4 Å². The maximum atomic E-state index is 12.2. The summed E-state index contributed by atoms with van der Waals surface area (Å²) < 4.78 is 5.12. The number of nitrogens with zero attached hydrogens (tertiary/aromatic N) is 3. The van der Waals surface area contributed by atoms with Gasteiger partial charge in [0.05, 0.1) is 5.69 Å². The van der Waals surface area contributed by atoms with E-state index < -0.39 is 5.97 Å². The molecule has 0 saturated carbocycles. The van der Waals surface area contributed by atoms with E-state index in [-0.39, 0.29) is 37.0 Å². The van der Waals surface area contributed by atoms with Gasteiger partial charge in [0.1, 0.15) is 5.71 Å². The van der Waals surface area contributed by atoms with Gasteiger partial charge in [0.15, 0.2) is 6.61 Å². The molecule has 1 fully saturated rings. The fraction of sp³-hybridized carbons (Fsp3) is 0.444. The van der Waals surface area contributed by atoms with E-state index in [1.165, 1.54) is 5.01 Å². The third-order valence-electron chi connectivity index (χ3n) is 4.30. The van der Waals surface area contributed by atoms with Crippen LogP contribution in [0.25, 0.3) is 0 Å². The Hall–Kier alpha value is -2.70. The Bertz CT molecular complexity index is 681. The molecule has 0 radical (unpaired) electrons. The molecule has 0 N–H and O–H groups in total. The van der Waals surface area contributed by atoms with Crippen molar-refractivity contribution >= 4 is 29.2 Å². The molecule has 2 heterocycles. The first-order valence-electron chi connectivity index (χ1n) is 8.55. The van der Waals surface area contributed by atoms with Gasteiger partial charge in [-0.15, -0.1) is 0 Å². The molecule has 2 aliphatic rings. The van der Waals surface area contributed by atoms with Crippen LogP contribution in [0.1, 0.15) is 32.1 Å². The summed E-state index contributed by atoms with van der Waals surface area (Å²) >= 11 is 0. The number of ether oxygens (including phenoxy) is 1. The molecule has 25 heavy (non-hydrogen) atoms. The van der Waals surface area contributed by atoms with Gasteiger partial charge >= 0.3 is 5.97 Å². The largest absolute Gasteiger partial charge is 0.451 e. The Morgan fingerprint density at radius 2 is 1.76 bits per heavy atom. The summed E-state index contributed by atoms with van der Waals surface area (Å²) in [4.78, 5) is 38.0. The van der Waals surface area contributed by atoms with Gasteiger partial charge in [-0.25, -0.2) is 9.80 Å². The number of esters is 1. The first kappa shape index (κ1) is 17.1. The lowest BCUT2D eigenvalue weighted by molar-refractivity contribution is -0.147. The third-order valence-corrected chi connectivity index (χ3v) is 4.30. The van der Waals surface area contributed by atoms with Crippen molar-refractivity contribution < 1.29 is 19.1 Å². The third kappa shape index (κ3) is 4.23. The Labute approximate surface area is 146 Å². The zero-order chi connectivity index (χ0) is 17.6. The second kappa shape index (κ2) is 7.92. The van der Waals surface area contributed by atoms with Gasteiger partial charge in [0.25, 0.3) is 5.91 Å². The van der Waals surface area contributed by atoms with E-state index in [9.17, 15) is 14.4 Å². The van der Waals surface area contributed by atoms with Crippen LogP contribution in [0.2, 0.25) is 0 Å².